The Labute approximate surface area is 117 Å². The minimum atomic E-state index is 0.483. The Hall–Kier alpha value is -1.09. The van der Waals surface area contributed by atoms with Crippen LogP contribution in [0.2, 0.25) is 0 Å². The van der Waals surface area contributed by atoms with E-state index in [-0.39, 0.29) is 0 Å². The third kappa shape index (κ3) is 3.47. The summed E-state index contributed by atoms with van der Waals surface area (Å²) in [5.41, 5.74) is 1.36. The van der Waals surface area contributed by atoms with E-state index in [1.165, 1.54) is 24.9 Å². The highest BCUT2D eigenvalue weighted by atomic mass is 15.2. The van der Waals surface area contributed by atoms with Gasteiger partial charge >= 0.3 is 0 Å². The highest BCUT2D eigenvalue weighted by Gasteiger charge is 2.27. The van der Waals surface area contributed by atoms with Crippen LogP contribution < -0.4 is 5.32 Å². The molecule has 0 spiro atoms. The van der Waals surface area contributed by atoms with Gasteiger partial charge in [-0.25, -0.2) is 4.98 Å². The fourth-order valence-corrected chi connectivity index (χ4v) is 2.81. The van der Waals surface area contributed by atoms with Crippen molar-refractivity contribution >= 4 is 5.82 Å². The Morgan fingerprint density at radius 1 is 1.37 bits per heavy atom. The molecule has 0 aliphatic carbocycles. The number of rotatable bonds is 5. The molecule has 1 aromatic heterocycles. The van der Waals surface area contributed by atoms with Gasteiger partial charge in [-0.05, 0) is 58.2 Å². The number of aromatic nitrogens is 1. The maximum atomic E-state index is 4.57. The van der Waals surface area contributed by atoms with Crippen LogP contribution >= 0.6 is 0 Å². The van der Waals surface area contributed by atoms with Crippen molar-refractivity contribution in [3.05, 3.63) is 23.9 Å². The van der Waals surface area contributed by atoms with E-state index in [4.69, 9.17) is 0 Å². The standard InChI is InChI=1S/C16H27N3/c1-5-13(4)18-16-9-8-14(11-17-16)15-7-6-10-19(15)12(2)3/h8-9,11-13,15H,5-7,10H2,1-4H3,(H,17,18)/t13-,15-/m0/s1. The molecule has 1 N–H and O–H groups in total. The molecular weight excluding hydrogens is 234 g/mol. The van der Waals surface area contributed by atoms with Gasteiger partial charge in [0.05, 0.1) is 0 Å². The van der Waals surface area contributed by atoms with Crippen LogP contribution in [0.5, 0.6) is 0 Å². The first-order chi connectivity index (χ1) is 9.11. The Morgan fingerprint density at radius 2 is 2.16 bits per heavy atom. The van der Waals surface area contributed by atoms with Crippen LogP contribution in [0, 0.1) is 0 Å². The lowest BCUT2D eigenvalue weighted by atomic mass is 10.1. The van der Waals surface area contributed by atoms with Crippen LogP contribution in [0.25, 0.3) is 0 Å². The van der Waals surface area contributed by atoms with E-state index in [1.807, 2.05) is 0 Å². The zero-order valence-corrected chi connectivity index (χ0v) is 12.7. The lowest BCUT2D eigenvalue weighted by Crippen LogP contribution is -2.30. The van der Waals surface area contributed by atoms with Gasteiger partial charge < -0.3 is 5.32 Å². The van der Waals surface area contributed by atoms with E-state index in [0.29, 0.717) is 18.1 Å². The van der Waals surface area contributed by atoms with Crippen molar-refractivity contribution in [2.75, 3.05) is 11.9 Å². The second-order valence-corrected chi connectivity index (χ2v) is 5.92. The van der Waals surface area contributed by atoms with Gasteiger partial charge in [-0.1, -0.05) is 13.0 Å². The third-order valence-corrected chi connectivity index (χ3v) is 4.14. The Bertz CT molecular complexity index is 385. The summed E-state index contributed by atoms with van der Waals surface area (Å²) in [6.45, 7) is 10.2. The first kappa shape index (κ1) is 14.3. The number of pyridine rings is 1. The average molecular weight is 261 g/mol. The molecule has 1 fully saturated rings. The SMILES string of the molecule is CC[C@H](C)Nc1ccc([C@@H]2CCCN2C(C)C)cn1. The molecule has 106 valence electrons. The molecule has 1 aliphatic rings. The van der Waals surface area contributed by atoms with Crippen LogP contribution in [-0.2, 0) is 0 Å². The monoisotopic (exact) mass is 261 g/mol. The molecule has 1 aliphatic heterocycles. The number of hydrogen-bond acceptors (Lipinski definition) is 3. The molecule has 3 nitrogen and oxygen atoms in total. The highest BCUT2D eigenvalue weighted by Crippen LogP contribution is 2.33. The zero-order chi connectivity index (χ0) is 13.8. The summed E-state index contributed by atoms with van der Waals surface area (Å²) in [5, 5.41) is 3.42. The van der Waals surface area contributed by atoms with E-state index in [9.17, 15) is 0 Å². The summed E-state index contributed by atoms with van der Waals surface area (Å²) in [6, 6.07) is 6.02. The number of hydrogen-bond donors (Lipinski definition) is 1. The number of nitrogens with one attached hydrogen (secondary N) is 1. The average Bonchev–Trinajstić information content (AvgIpc) is 2.89. The van der Waals surface area contributed by atoms with E-state index in [2.05, 4.69) is 61.2 Å². The summed E-state index contributed by atoms with van der Waals surface area (Å²) < 4.78 is 0. The molecule has 0 unspecified atom stereocenters. The lowest BCUT2D eigenvalue weighted by Gasteiger charge is -2.28. The molecule has 0 amide bonds. The van der Waals surface area contributed by atoms with Crippen molar-refractivity contribution in [3.8, 4) is 0 Å². The van der Waals surface area contributed by atoms with Crippen LogP contribution in [0.15, 0.2) is 18.3 Å². The van der Waals surface area contributed by atoms with Gasteiger partial charge in [-0.2, -0.15) is 0 Å². The van der Waals surface area contributed by atoms with E-state index in [1.54, 1.807) is 0 Å². The van der Waals surface area contributed by atoms with Crippen LogP contribution in [0.1, 0.15) is 58.6 Å². The van der Waals surface area contributed by atoms with Gasteiger partial charge in [0.2, 0.25) is 0 Å². The molecule has 0 bridgehead atoms. The maximum absolute atomic E-state index is 4.57. The molecule has 0 saturated carbocycles. The second-order valence-electron chi connectivity index (χ2n) is 5.92. The predicted octanol–water partition coefficient (Wildman–Crippen LogP) is 3.84. The first-order valence-electron chi connectivity index (χ1n) is 7.60. The summed E-state index contributed by atoms with van der Waals surface area (Å²) in [5.74, 6) is 0.993. The smallest absolute Gasteiger partial charge is 0.126 e. The molecule has 2 heterocycles. The molecule has 1 saturated heterocycles. The maximum Gasteiger partial charge on any atom is 0.126 e. The van der Waals surface area contributed by atoms with Crippen LogP contribution in [0.4, 0.5) is 5.82 Å². The Kier molecular flexibility index (Phi) is 4.81. The fraction of sp³-hybridized carbons (Fsp3) is 0.688. The summed E-state index contributed by atoms with van der Waals surface area (Å²) in [6.07, 6.45) is 5.73. The second kappa shape index (κ2) is 6.38. The number of nitrogens with zero attached hydrogens (tertiary/aromatic N) is 2. The van der Waals surface area contributed by atoms with Gasteiger partial charge in [-0.3, -0.25) is 4.90 Å². The van der Waals surface area contributed by atoms with Gasteiger partial charge in [-0.15, -0.1) is 0 Å². The van der Waals surface area contributed by atoms with Crippen molar-refractivity contribution in [1.29, 1.82) is 0 Å². The molecule has 1 aromatic rings. The lowest BCUT2D eigenvalue weighted by molar-refractivity contribution is 0.205. The largest absolute Gasteiger partial charge is 0.368 e. The summed E-state index contributed by atoms with van der Waals surface area (Å²) >= 11 is 0. The van der Waals surface area contributed by atoms with Crippen molar-refractivity contribution < 1.29 is 0 Å². The normalized spacial score (nSPS) is 21.8. The van der Waals surface area contributed by atoms with Crippen molar-refractivity contribution in [1.82, 2.24) is 9.88 Å². The predicted molar refractivity (Wildman–Crippen MR) is 81.4 cm³/mol. The highest BCUT2D eigenvalue weighted by molar-refractivity contribution is 5.37. The number of likely N-dealkylation sites (tertiary alicyclic amines) is 1. The quantitative estimate of drug-likeness (QED) is 0.873. The Morgan fingerprint density at radius 3 is 2.74 bits per heavy atom. The van der Waals surface area contributed by atoms with Gasteiger partial charge in [0.15, 0.2) is 0 Å². The van der Waals surface area contributed by atoms with Gasteiger partial charge in [0.1, 0.15) is 5.82 Å². The first-order valence-corrected chi connectivity index (χ1v) is 7.60. The van der Waals surface area contributed by atoms with Crippen molar-refractivity contribution in [3.63, 3.8) is 0 Å². The minimum absolute atomic E-state index is 0.483. The van der Waals surface area contributed by atoms with Crippen LogP contribution in [0.3, 0.4) is 0 Å². The summed E-state index contributed by atoms with van der Waals surface area (Å²) in [4.78, 5) is 7.15. The molecule has 2 atom stereocenters. The third-order valence-electron chi connectivity index (χ3n) is 4.14. The molecule has 2 rings (SSSR count). The molecule has 19 heavy (non-hydrogen) atoms. The van der Waals surface area contributed by atoms with Crippen molar-refractivity contribution in [2.24, 2.45) is 0 Å². The van der Waals surface area contributed by atoms with E-state index < -0.39 is 0 Å². The fourth-order valence-electron chi connectivity index (χ4n) is 2.81. The van der Waals surface area contributed by atoms with Crippen LogP contribution in [-0.4, -0.2) is 28.5 Å². The van der Waals surface area contributed by atoms with E-state index in [0.717, 1.165) is 12.2 Å². The van der Waals surface area contributed by atoms with E-state index >= 15 is 0 Å². The van der Waals surface area contributed by atoms with Gasteiger partial charge in [0.25, 0.3) is 0 Å². The molecule has 0 aromatic carbocycles. The molecular formula is C16H27N3. The minimum Gasteiger partial charge on any atom is -0.368 e. The molecule has 3 heteroatoms. The van der Waals surface area contributed by atoms with Crippen molar-refractivity contribution in [2.45, 2.75) is 65.1 Å². The topological polar surface area (TPSA) is 28.2 Å². The van der Waals surface area contributed by atoms with Gasteiger partial charge in [0, 0.05) is 24.3 Å². The Balaban J connectivity index is 2.05. The zero-order valence-electron chi connectivity index (χ0n) is 12.7. The number of anilines is 1. The summed E-state index contributed by atoms with van der Waals surface area (Å²) in [7, 11) is 0. The molecule has 0 radical (unpaired) electrons.